The number of carboxylic acids is 1. The molecule has 0 aliphatic rings. The summed E-state index contributed by atoms with van der Waals surface area (Å²) in [6, 6.07) is 8.08. The number of hydrogen-bond donors (Lipinski definition) is 2. The number of phenols is 1. The van der Waals surface area contributed by atoms with E-state index in [0.717, 1.165) is 18.4 Å². The first-order valence-corrected chi connectivity index (χ1v) is 10.3. The van der Waals surface area contributed by atoms with E-state index in [4.69, 9.17) is 14.6 Å². The standard InChI is InChI=1S/C22H26O6.C2H6/c1-4-18(23)17-8-10-20(15(3)21(17)24)28-12-6-5-11-27-19-9-7-16(22(25)26)13-14(19)2;1-2/h7-10,13,24H,4-6,11-12H2,1-3H3,(H,25,26);1-2H3. The normalized spacial score (nSPS) is 10.0. The minimum absolute atomic E-state index is 0.0204. The molecule has 0 aromatic heterocycles. The van der Waals surface area contributed by atoms with Crippen molar-refractivity contribution >= 4 is 11.8 Å². The number of hydrogen-bond acceptors (Lipinski definition) is 5. The number of unbranched alkanes of at least 4 members (excludes halogenated alkanes) is 1. The number of ketones is 1. The van der Waals surface area contributed by atoms with Gasteiger partial charge in [0.25, 0.3) is 0 Å². The van der Waals surface area contributed by atoms with Crippen LogP contribution in [-0.4, -0.2) is 35.2 Å². The number of carboxylic acid groups (broad SMARTS) is 1. The van der Waals surface area contributed by atoms with Gasteiger partial charge in [-0.3, -0.25) is 4.79 Å². The lowest BCUT2D eigenvalue weighted by Gasteiger charge is -2.13. The molecule has 2 aromatic carbocycles. The largest absolute Gasteiger partial charge is 0.507 e. The molecule has 0 aliphatic carbocycles. The molecule has 0 radical (unpaired) electrons. The summed E-state index contributed by atoms with van der Waals surface area (Å²) in [6.07, 6.45) is 1.85. The Morgan fingerprint density at radius 3 is 2.03 bits per heavy atom. The van der Waals surface area contributed by atoms with E-state index < -0.39 is 5.97 Å². The average molecular weight is 417 g/mol. The number of benzene rings is 2. The Hall–Kier alpha value is -3.02. The first kappa shape index (κ1) is 25.0. The third kappa shape index (κ3) is 6.79. The fourth-order valence-electron chi connectivity index (χ4n) is 2.77. The van der Waals surface area contributed by atoms with Gasteiger partial charge in [-0.1, -0.05) is 20.8 Å². The predicted molar refractivity (Wildman–Crippen MR) is 117 cm³/mol. The van der Waals surface area contributed by atoms with E-state index in [1.807, 2.05) is 20.8 Å². The summed E-state index contributed by atoms with van der Waals surface area (Å²) in [4.78, 5) is 22.7. The third-order valence-electron chi connectivity index (χ3n) is 4.48. The molecule has 0 saturated carbocycles. The highest BCUT2D eigenvalue weighted by molar-refractivity contribution is 5.99. The van der Waals surface area contributed by atoms with Gasteiger partial charge in [0.2, 0.25) is 0 Å². The third-order valence-corrected chi connectivity index (χ3v) is 4.48. The lowest BCUT2D eigenvalue weighted by Crippen LogP contribution is -2.05. The zero-order valence-electron chi connectivity index (χ0n) is 18.4. The molecular weight excluding hydrogens is 384 g/mol. The van der Waals surface area contributed by atoms with Crippen molar-refractivity contribution < 1.29 is 29.3 Å². The molecule has 2 N–H and O–H groups in total. The SMILES string of the molecule is CC.CCC(=O)c1ccc(OCCCCOc2ccc(C(=O)O)cc2C)c(C)c1O. The second-order valence-corrected chi connectivity index (χ2v) is 6.55. The molecular formula is C24H32O6. The maximum Gasteiger partial charge on any atom is 0.335 e. The highest BCUT2D eigenvalue weighted by Crippen LogP contribution is 2.31. The van der Waals surface area contributed by atoms with Gasteiger partial charge < -0.3 is 19.7 Å². The first-order chi connectivity index (χ1) is 14.3. The van der Waals surface area contributed by atoms with Gasteiger partial charge in [0.05, 0.1) is 24.3 Å². The number of rotatable bonds is 10. The molecule has 0 unspecified atom stereocenters. The van der Waals surface area contributed by atoms with Gasteiger partial charge in [0.15, 0.2) is 5.78 Å². The van der Waals surface area contributed by atoms with Gasteiger partial charge in [-0.25, -0.2) is 4.79 Å². The molecule has 0 aliphatic heterocycles. The molecule has 0 fully saturated rings. The molecule has 2 aromatic rings. The molecule has 0 saturated heterocycles. The Balaban J connectivity index is 0.00000218. The Morgan fingerprint density at radius 1 is 0.933 bits per heavy atom. The summed E-state index contributed by atoms with van der Waals surface area (Å²) in [5.41, 5.74) is 1.90. The smallest absolute Gasteiger partial charge is 0.335 e. The van der Waals surface area contributed by atoms with Crippen molar-refractivity contribution in [3.63, 3.8) is 0 Å². The van der Waals surface area contributed by atoms with E-state index in [2.05, 4.69) is 0 Å². The van der Waals surface area contributed by atoms with Crippen molar-refractivity contribution in [2.45, 2.75) is 53.9 Å². The summed E-state index contributed by atoms with van der Waals surface area (Å²) in [6.45, 7) is 10.2. The average Bonchev–Trinajstić information content (AvgIpc) is 2.75. The van der Waals surface area contributed by atoms with Crippen LogP contribution in [0.15, 0.2) is 30.3 Å². The zero-order valence-corrected chi connectivity index (χ0v) is 18.4. The van der Waals surface area contributed by atoms with E-state index in [1.54, 1.807) is 38.1 Å². The summed E-state index contributed by atoms with van der Waals surface area (Å²) in [5, 5.41) is 19.1. The van der Waals surface area contributed by atoms with E-state index >= 15 is 0 Å². The fourth-order valence-corrected chi connectivity index (χ4v) is 2.77. The van der Waals surface area contributed by atoms with Crippen LogP contribution in [0.2, 0.25) is 0 Å². The topological polar surface area (TPSA) is 93.1 Å². The number of aromatic carboxylic acids is 1. The highest BCUT2D eigenvalue weighted by Gasteiger charge is 2.14. The summed E-state index contributed by atoms with van der Waals surface area (Å²) in [5.74, 6) is 0.151. The van der Waals surface area contributed by atoms with E-state index in [-0.39, 0.29) is 17.1 Å². The Bertz CT molecular complexity index is 857. The van der Waals surface area contributed by atoms with Gasteiger partial charge in [-0.2, -0.15) is 0 Å². The number of ether oxygens (including phenoxy) is 2. The predicted octanol–water partition coefficient (Wildman–Crippen LogP) is 5.56. The van der Waals surface area contributed by atoms with Crippen molar-refractivity contribution in [2.24, 2.45) is 0 Å². The maximum absolute atomic E-state index is 11.8. The second kappa shape index (κ2) is 12.5. The van der Waals surface area contributed by atoms with Crippen LogP contribution in [0.3, 0.4) is 0 Å². The number of phenolic OH excluding ortho intramolecular Hbond substituents is 1. The zero-order chi connectivity index (χ0) is 22.7. The van der Waals surface area contributed by atoms with Gasteiger partial charge in [-0.05, 0) is 62.6 Å². The molecule has 0 bridgehead atoms. The van der Waals surface area contributed by atoms with Crippen molar-refractivity contribution in [3.8, 4) is 17.2 Å². The molecule has 0 amide bonds. The fraction of sp³-hybridized carbons (Fsp3) is 0.417. The molecule has 164 valence electrons. The van der Waals surface area contributed by atoms with Gasteiger partial charge in [-0.15, -0.1) is 0 Å². The molecule has 2 rings (SSSR count). The highest BCUT2D eigenvalue weighted by atomic mass is 16.5. The number of Topliss-reactive ketones (excluding diaryl/α,β-unsaturated/α-hetero) is 1. The van der Waals surface area contributed by atoms with E-state index in [1.165, 1.54) is 6.07 Å². The monoisotopic (exact) mass is 416 g/mol. The number of carbonyl (C=O) groups excluding carboxylic acids is 1. The van der Waals surface area contributed by atoms with Crippen molar-refractivity contribution in [1.82, 2.24) is 0 Å². The van der Waals surface area contributed by atoms with Crippen molar-refractivity contribution in [1.29, 1.82) is 0 Å². The van der Waals surface area contributed by atoms with Crippen LogP contribution in [0.5, 0.6) is 17.2 Å². The summed E-state index contributed by atoms with van der Waals surface area (Å²) in [7, 11) is 0. The van der Waals surface area contributed by atoms with Crippen molar-refractivity contribution in [3.05, 3.63) is 52.6 Å². The number of aryl methyl sites for hydroxylation is 1. The van der Waals surface area contributed by atoms with Crippen LogP contribution in [0.25, 0.3) is 0 Å². The Kier molecular flexibility index (Phi) is 10.4. The van der Waals surface area contributed by atoms with Crippen LogP contribution in [-0.2, 0) is 0 Å². The summed E-state index contributed by atoms with van der Waals surface area (Å²) >= 11 is 0. The quantitative estimate of drug-likeness (QED) is 0.389. The van der Waals surface area contributed by atoms with Gasteiger partial charge in [0, 0.05) is 12.0 Å². The van der Waals surface area contributed by atoms with Gasteiger partial charge >= 0.3 is 5.97 Å². The van der Waals surface area contributed by atoms with E-state index in [9.17, 15) is 14.7 Å². The second-order valence-electron chi connectivity index (χ2n) is 6.55. The lowest BCUT2D eigenvalue weighted by atomic mass is 10.0. The minimum Gasteiger partial charge on any atom is -0.507 e. The molecule has 6 nitrogen and oxygen atoms in total. The van der Waals surface area contributed by atoms with Crippen LogP contribution >= 0.6 is 0 Å². The van der Waals surface area contributed by atoms with Crippen molar-refractivity contribution in [2.75, 3.05) is 13.2 Å². The molecule has 0 atom stereocenters. The molecule has 30 heavy (non-hydrogen) atoms. The van der Waals surface area contributed by atoms with Crippen LogP contribution in [0.4, 0.5) is 0 Å². The van der Waals surface area contributed by atoms with Crippen LogP contribution in [0.1, 0.15) is 71.9 Å². The molecule has 6 heteroatoms. The van der Waals surface area contributed by atoms with Crippen LogP contribution in [0, 0.1) is 13.8 Å². The Morgan fingerprint density at radius 2 is 1.50 bits per heavy atom. The first-order valence-electron chi connectivity index (χ1n) is 10.3. The molecule has 0 spiro atoms. The van der Waals surface area contributed by atoms with E-state index in [0.29, 0.717) is 42.3 Å². The minimum atomic E-state index is -0.958. The Labute approximate surface area is 178 Å². The number of aromatic hydroxyl groups is 1. The summed E-state index contributed by atoms with van der Waals surface area (Å²) < 4.78 is 11.4. The van der Waals surface area contributed by atoms with Crippen LogP contribution < -0.4 is 9.47 Å². The lowest BCUT2D eigenvalue weighted by molar-refractivity contribution is 0.0696. The molecule has 0 heterocycles. The van der Waals surface area contributed by atoms with Gasteiger partial charge in [0.1, 0.15) is 17.2 Å². The maximum atomic E-state index is 11.8. The number of carbonyl (C=O) groups is 2.